The van der Waals surface area contributed by atoms with Crippen LogP contribution in [-0.4, -0.2) is 15.9 Å². The summed E-state index contributed by atoms with van der Waals surface area (Å²) in [6.45, 7) is 2.13. The molecule has 1 N–H and O–H groups in total. The van der Waals surface area contributed by atoms with E-state index in [1.807, 2.05) is 19.1 Å². The van der Waals surface area contributed by atoms with Crippen molar-refractivity contribution in [1.29, 1.82) is 0 Å². The molecule has 2 aromatic heterocycles. The molecule has 0 aromatic carbocycles. The van der Waals surface area contributed by atoms with Gasteiger partial charge in [-0.05, 0) is 31.2 Å². The number of hydrogen-bond acceptors (Lipinski definition) is 3. The Morgan fingerprint density at radius 1 is 1.33 bits per heavy atom. The largest absolute Gasteiger partial charge is 0.346 e. The molecule has 0 radical (unpaired) electrons. The van der Waals surface area contributed by atoms with Crippen LogP contribution in [0.3, 0.4) is 0 Å². The van der Waals surface area contributed by atoms with Crippen molar-refractivity contribution in [2.24, 2.45) is 0 Å². The van der Waals surface area contributed by atoms with E-state index in [9.17, 15) is 9.18 Å². The van der Waals surface area contributed by atoms with Crippen molar-refractivity contribution in [2.75, 3.05) is 0 Å². The second kappa shape index (κ2) is 5.35. The van der Waals surface area contributed by atoms with Gasteiger partial charge in [-0.2, -0.15) is 4.39 Å². The first kappa shape index (κ1) is 12.2. The molecule has 0 atom stereocenters. The normalized spacial score (nSPS) is 10.1. The highest BCUT2D eigenvalue weighted by Crippen LogP contribution is 2.03. The first-order valence-corrected chi connectivity index (χ1v) is 5.48. The minimum Gasteiger partial charge on any atom is -0.346 e. The smallest absolute Gasteiger partial charge is 0.256 e. The van der Waals surface area contributed by atoms with Gasteiger partial charge in [-0.15, -0.1) is 0 Å². The molecule has 0 aliphatic rings. The first-order valence-electron chi connectivity index (χ1n) is 5.48. The van der Waals surface area contributed by atoms with Crippen molar-refractivity contribution < 1.29 is 9.18 Å². The number of nitrogens with zero attached hydrogens (tertiary/aromatic N) is 2. The zero-order valence-corrected chi connectivity index (χ0v) is 9.85. The second-order valence-electron chi connectivity index (χ2n) is 3.79. The number of carbonyl (C=O) groups excluding carboxylic acids is 1. The lowest BCUT2D eigenvalue weighted by atomic mass is 10.2. The molecule has 1 amide bonds. The van der Waals surface area contributed by atoms with Crippen LogP contribution in [0.15, 0.2) is 36.5 Å². The fraction of sp³-hybridized carbons (Fsp3) is 0.154. The summed E-state index contributed by atoms with van der Waals surface area (Å²) < 4.78 is 13.2. The fourth-order valence-corrected chi connectivity index (χ4v) is 1.52. The molecule has 4 nitrogen and oxygen atoms in total. The van der Waals surface area contributed by atoms with E-state index in [4.69, 9.17) is 0 Å². The van der Waals surface area contributed by atoms with E-state index in [-0.39, 0.29) is 12.1 Å². The topological polar surface area (TPSA) is 54.9 Å². The Balaban J connectivity index is 2.03. The van der Waals surface area contributed by atoms with E-state index < -0.39 is 11.9 Å². The summed E-state index contributed by atoms with van der Waals surface area (Å²) in [5, 5.41) is 2.60. The van der Waals surface area contributed by atoms with E-state index in [1.165, 1.54) is 18.3 Å². The summed E-state index contributed by atoms with van der Waals surface area (Å²) >= 11 is 0. The minimum atomic E-state index is -0.771. The highest BCUT2D eigenvalue weighted by Gasteiger charge is 2.11. The Bertz CT molecular complexity index is 572. The average molecular weight is 245 g/mol. The van der Waals surface area contributed by atoms with Gasteiger partial charge in [0.25, 0.3) is 5.91 Å². The van der Waals surface area contributed by atoms with Gasteiger partial charge in [0.05, 0.1) is 17.8 Å². The van der Waals surface area contributed by atoms with E-state index in [1.54, 1.807) is 6.07 Å². The lowest BCUT2D eigenvalue weighted by Crippen LogP contribution is -2.24. The van der Waals surface area contributed by atoms with Gasteiger partial charge in [0.1, 0.15) is 0 Å². The van der Waals surface area contributed by atoms with Gasteiger partial charge in [0.15, 0.2) is 0 Å². The van der Waals surface area contributed by atoms with E-state index in [0.717, 1.165) is 11.4 Å². The average Bonchev–Trinajstić information content (AvgIpc) is 2.37. The standard InChI is InChI=1S/C13H12FN3O/c1-9-4-2-5-10(17-9)8-16-13(18)11-6-3-7-15-12(11)14/h2-7H,8H2,1H3,(H,16,18). The summed E-state index contributed by atoms with van der Waals surface area (Å²) in [6.07, 6.45) is 1.30. The molecule has 0 aliphatic heterocycles. The van der Waals surface area contributed by atoms with Crippen molar-refractivity contribution in [3.8, 4) is 0 Å². The third kappa shape index (κ3) is 2.88. The molecule has 0 spiro atoms. The number of aryl methyl sites for hydroxylation is 1. The summed E-state index contributed by atoms with van der Waals surface area (Å²) in [4.78, 5) is 19.4. The van der Waals surface area contributed by atoms with Crippen LogP contribution in [0.1, 0.15) is 21.7 Å². The molecule has 2 rings (SSSR count). The SMILES string of the molecule is Cc1cccc(CNC(=O)c2cccnc2F)n1. The van der Waals surface area contributed by atoms with Crippen LogP contribution in [0.25, 0.3) is 0 Å². The molecule has 2 aromatic rings. The molecule has 0 fully saturated rings. The Kier molecular flexibility index (Phi) is 3.62. The van der Waals surface area contributed by atoms with Crippen molar-refractivity contribution in [3.05, 3.63) is 59.4 Å². The maximum absolute atomic E-state index is 13.2. The summed E-state index contributed by atoms with van der Waals surface area (Å²) in [5.74, 6) is -1.27. The number of nitrogens with one attached hydrogen (secondary N) is 1. The second-order valence-corrected chi connectivity index (χ2v) is 3.79. The number of hydrogen-bond donors (Lipinski definition) is 1. The Morgan fingerprint density at radius 2 is 2.17 bits per heavy atom. The van der Waals surface area contributed by atoms with Crippen LogP contribution >= 0.6 is 0 Å². The maximum Gasteiger partial charge on any atom is 0.256 e. The summed E-state index contributed by atoms with van der Waals surface area (Å²) in [5.41, 5.74) is 1.53. The van der Waals surface area contributed by atoms with Crippen LogP contribution < -0.4 is 5.32 Å². The van der Waals surface area contributed by atoms with E-state index in [0.29, 0.717) is 0 Å². The predicted molar refractivity (Wildman–Crippen MR) is 64.3 cm³/mol. The lowest BCUT2D eigenvalue weighted by Gasteiger charge is -2.05. The van der Waals surface area contributed by atoms with Crippen molar-refractivity contribution in [3.63, 3.8) is 0 Å². The molecule has 0 saturated carbocycles. The van der Waals surface area contributed by atoms with Crippen LogP contribution in [0.4, 0.5) is 4.39 Å². The number of halogens is 1. The highest BCUT2D eigenvalue weighted by molar-refractivity contribution is 5.93. The molecule has 5 heteroatoms. The van der Waals surface area contributed by atoms with Gasteiger partial charge >= 0.3 is 0 Å². The molecule has 0 saturated heterocycles. The number of carbonyl (C=O) groups is 1. The minimum absolute atomic E-state index is 0.0647. The third-order valence-electron chi connectivity index (χ3n) is 2.38. The highest BCUT2D eigenvalue weighted by atomic mass is 19.1. The number of amides is 1. The molecule has 2 heterocycles. The molecule has 92 valence electrons. The van der Waals surface area contributed by atoms with Gasteiger partial charge in [-0.3, -0.25) is 9.78 Å². The van der Waals surface area contributed by atoms with Gasteiger partial charge in [-0.25, -0.2) is 4.98 Å². The van der Waals surface area contributed by atoms with Gasteiger partial charge in [0.2, 0.25) is 5.95 Å². The molecule has 0 unspecified atom stereocenters. The molecular weight excluding hydrogens is 233 g/mol. The van der Waals surface area contributed by atoms with Crippen molar-refractivity contribution >= 4 is 5.91 Å². The van der Waals surface area contributed by atoms with Crippen molar-refractivity contribution in [2.45, 2.75) is 13.5 Å². The number of aromatic nitrogens is 2. The van der Waals surface area contributed by atoms with Crippen LogP contribution in [0.2, 0.25) is 0 Å². The fourth-order valence-electron chi connectivity index (χ4n) is 1.52. The number of pyridine rings is 2. The molecule has 18 heavy (non-hydrogen) atoms. The predicted octanol–water partition coefficient (Wildman–Crippen LogP) is 1.85. The van der Waals surface area contributed by atoms with Gasteiger partial charge < -0.3 is 5.32 Å². The zero-order chi connectivity index (χ0) is 13.0. The number of rotatable bonds is 3. The Labute approximate surface area is 104 Å². The van der Waals surface area contributed by atoms with Crippen LogP contribution in [0.5, 0.6) is 0 Å². The Hall–Kier alpha value is -2.30. The summed E-state index contributed by atoms with van der Waals surface area (Å²) in [6, 6.07) is 8.43. The van der Waals surface area contributed by atoms with Crippen LogP contribution in [0, 0.1) is 12.9 Å². The maximum atomic E-state index is 13.2. The monoisotopic (exact) mass is 245 g/mol. The van der Waals surface area contributed by atoms with Crippen molar-refractivity contribution in [1.82, 2.24) is 15.3 Å². The summed E-state index contributed by atoms with van der Waals surface area (Å²) in [7, 11) is 0. The first-order chi connectivity index (χ1) is 8.66. The third-order valence-corrected chi connectivity index (χ3v) is 2.38. The lowest BCUT2D eigenvalue weighted by molar-refractivity contribution is 0.0945. The zero-order valence-electron chi connectivity index (χ0n) is 9.85. The van der Waals surface area contributed by atoms with Crippen LogP contribution in [-0.2, 0) is 6.54 Å². The van der Waals surface area contributed by atoms with E-state index in [2.05, 4.69) is 15.3 Å². The molecule has 0 bridgehead atoms. The molecular formula is C13H12FN3O. The van der Waals surface area contributed by atoms with E-state index >= 15 is 0 Å². The van der Waals surface area contributed by atoms with Gasteiger partial charge in [-0.1, -0.05) is 6.07 Å². The van der Waals surface area contributed by atoms with Gasteiger partial charge in [0, 0.05) is 11.9 Å². The quantitative estimate of drug-likeness (QED) is 0.840. The Morgan fingerprint density at radius 3 is 2.89 bits per heavy atom. The molecule has 0 aliphatic carbocycles.